The summed E-state index contributed by atoms with van der Waals surface area (Å²) in [7, 11) is -1.59. The van der Waals surface area contributed by atoms with Crippen LogP contribution in [0.15, 0.2) is 77.7 Å². The molecule has 1 N–H and O–H groups in total. The van der Waals surface area contributed by atoms with Crippen molar-refractivity contribution < 1.29 is 36.3 Å². The van der Waals surface area contributed by atoms with Crippen molar-refractivity contribution in [3.05, 3.63) is 101 Å². The third kappa shape index (κ3) is 7.26. The number of fused-ring (bicyclic) bond motifs is 3. The summed E-state index contributed by atoms with van der Waals surface area (Å²) in [6.07, 6.45) is -3.67. The summed E-state index contributed by atoms with van der Waals surface area (Å²) >= 11 is 0. The van der Waals surface area contributed by atoms with E-state index in [1.807, 2.05) is 66.5 Å². The maximum absolute atomic E-state index is 13.8. The predicted octanol–water partition coefficient (Wildman–Crippen LogP) is 4.57. The van der Waals surface area contributed by atoms with E-state index in [1.54, 1.807) is 10.4 Å². The van der Waals surface area contributed by atoms with E-state index < -0.39 is 22.2 Å². The molecule has 4 aromatic rings. The molecule has 3 aromatic carbocycles. The summed E-state index contributed by atoms with van der Waals surface area (Å²) in [5, 5.41) is 8.23. The number of pyridine rings is 1. The Kier molecular flexibility index (Phi) is 9.65. The van der Waals surface area contributed by atoms with Crippen LogP contribution in [0.4, 0.5) is 18.9 Å². The van der Waals surface area contributed by atoms with Gasteiger partial charge in [-0.05, 0) is 54.4 Å². The highest BCUT2D eigenvalue weighted by molar-refractivity contribution is 7.89. The second kappa shape index (κ2) is 13.8. The number of carbonyl (C=O) groups is 2. The SMILES string of the molecule is CN1CCN(S(=O)(=O)c2cccc3c2CN(c2cccc4c2C(=O)N(CCc2ccc5ccccc5n2)C4)CC3)CC1.O=C(O)C(F)(F)F. The van der Waals surface area contributed by atoms with E-state index in [2.05, 4.69) is 21.9 Å². The lowest BCUT2D eigenvalue weighted by molar-refractivity contribution is -0.192. The molecule has 14 heteroatoms. The molecule has 3 aliphatic rings. The Labute approximate surface area is 282 Å². The monoisotopic (exact) mass is 695 g/mol. The van der Waals surface area contributed by atoms with Gasteiger partial charge in [0.2, 0.25) is 10.0 Å². The van der Waals surface area contributed by atoms with E-state index in [0.29, 0.717) is 44.0 Å². The number of para-hydroxylation sites is 1. The van der Waals surface area contributed by atoms with Crippen LogP contribution in [0.1, 0.15) is 32.7 Å². The average Bonchev–Trinajstić information content (AvgIpc) is 3.41. The number of aromatic nitrogens is 1. The number of carboxylic acids is 1. The highest BCUT2D eigenvalue weighted by Crippen LogP contribution is 2.36. The van der Waals surface area contributed by atoms with Crippen molar-refractivity contribution in [2.45, 2.75) is 37.0 Å². The molecule has 0 spiro atoms. The number of aliphatic carboxylic acids is 1. The lowest BCUT2D eigenvalue weighted by Gasteiger charge is -2.35. The van der Waals surface area contributed by atoms with E-state index in [9.17, 15) is 26.4 Å². The number of sulfonamides is 1. The highest BCUT2D eigenvalue weighted by Gasteiger charge is 2.38. The number of benzene rings is 3. The van der Waals surface area contributed by atoms with Gasteiger partial charge in [-0.15, -0.1) is 0 Å². The minimum atomic E-state index is -5.08. The molecular formula is C35H36F3N5O5S. The Morgan fingerprint density at radius 3 is 2.31 bits per heavy atom. The van der Waals surface area contributed by atoms with Crippen molar-refractivity contribution in [1.29, 1.82) is 0 Å². The molecular weight excluding hydrogens is 659 g/mol. The van der Waals surface area contributed by atoms with Crippen LogP contribution >= 0.6 is 0 Å². The number of hydrogen-bond donors (Lipinski definition) is 1. The predicted molar refractivity (Wildman–Crippen MR) is 178 cm³/mol. The summed E-state index contributed by atoms with van der Waals surface area (Å²) < 4.78 is 60.9. The fourth-order valence-electron chi connectivity index (χ4n) is 6.51. The zero-order valence-electron chi connectivity index (χ0n) is 26.9. The minimum Gasteiger partial charge on any atom is -0.475 e. The van der Waals surface area contributed by atoms with Gasteiger partial charge in [-0.3, -0.25) is 9.78 Å². The van der Waals surface area contributed by atoms with E-state index in [0.717, 1.165) is 70.6 Å². The number of carbonyl (C=O) groups excluding carboxylic acids is 1. The molecule has 0 radical (unpaired) electrons. The average molecular weight is 696 g/mol. The number of alkyl halides is 3. The Morgan fingerprint density at radius 2 is 1.57 bits per heavy atom. The minimum absolute atomic E-state index is 0.0329. The van der Waals surface area contributed by atoms with E-state index in [4.69, 9.17) is 14.9 Å². The second-order valence-corrected chi connectivity index (χ2v) is 14.3. The van der Waals surface area contributed by atoms with Gasteiger partial charge in [0.25, 0.3) is 5.91 Å². The lowest BCUT2D eigenvalue weighted by atomic mass is 9.98. The van der Waals surface area contributed by atoms with Crippen LogP contribution in [0.5, 0.6) is 0 Å². The topological polar surface area (TPSA) is 114 Å². The molecule has 0 bridgehead atoms. The van der Waals surface area contributed by atoms with Crippen LogP contribution in [0.2, 0.25) is 0 Å². The third-order valence-corrected chi connectivity index (χ3v) is 11.2. The Bertz CT molecular complexity index is 2000. The number of nitrogens with zero attached hydrogens (tertiary/aromatic N) is 5. The first-order chi connectivity index (χ1) is 23.3. The lowest BCUT2D eigenvalue weighted by Crippen LogP contribution is -2.47. The maximum atomic E-state index is 13.8. The van der Waals surface area contributed by atoms with Gasteiger partial charge in [0, 0.05) is 69.9 Å². The fraction of sp³-hybridized carbons (Fsp3) is 0.343. The Morgan fingerprint density at radius 1 is 0.878 bits per heavy atom. The number of amides is 1. The molecule has 0 unspecified atom stereocenters. The summed E-state index contributed by atoms with van der Waals surface area (Å²) in [6, 6.07) is 23.9. The number of carboxylic acid groups (broad SMARTS) is 1. The molecule has 1 saturated heterocycles. The number of rotatable bonds is 6. The van der Waals surface area contributed by atoms with E-state index in [-0.39, 0.29) is 5.91 Å². The van der Waals surface area contributed by atoms with Gasteiger partial charge in [-0.25, -0.2) is 13.2 Å². The summed E-state index contributed by atoms with van der Waals surface area (Å²) in [5.41, 5.74) is 6.52. The largest absolute Gasteiger partial charge is 0.490 e. The van der Waals surface area contributed by atoms with Crippen LogP contribution in [0.3, 0.4) is 0 Å². The standard InChI is InChI=1S/C33H35N5O3S.C2HF3O2/c1-35-18-20-38(21-19-35)42(40,41)31-11-5-7-24-14-16-36(23-28(24)31)30-10-4-8-26-22-37(33(39)32(26)30)17-15-27-13-12-25-6-2-3-9-29(25)34-27;3-2(4,5)1(6)7/h2-13H,14-23H2,1H3;(H,6,7). The highest BCUT2D eigenvalue weighted by atomic mass is 32.2. The number of likely N-dealkylation sites (N-methyl/N-ethyl adjacent to an activating group) is 1. The molecule has 3 aliphatic heterocycles. The van der Waals surface area contributed by atoms with Crippen molar-refractivity contribution in [3.63, 3.8) is 0 Å². The molecule has 10 nitrogen and oxygen atoms in total. The molecule has 258 valence electrons. The van der Waals surface area contributed by atoms with Crippen LogP contribution in [0.25, 0.3) is 10.9 Å². The molecule has 7 rings (SSSR count). The molecule has 0 saturated carbocycles. The molecule has 0 atom stereocenters. The van der Waals surface area contributed by atoms with Crippen molar-refractivity contribution >= 4 is 38.5 Å². The van der Waals surface area contributed by atoms with Crippen LogP contribution < -0.4 is 4.90 Å². The first-order valence-corrected chi connectivity index (χ1v) is 17.4. The number of hydrogen-bond acceptors (Lipinski definition) is 7. The van der Waals surface area contributed by atoms with Gasteiger partial charge >= 0.3 is 12.1 Å². The number of piperazine rings is 1. The Hall–Kier alpha value is -4.53. The molecule has 49 heavy (non-hydrogen) atoms. The molecule has 0 aliphatic carbocycles. The van der Waals surface area contributed by atoms with Gasteiger partial charge in [0.05, 0.1) is 21.7 Å². The number of anilines is 1. The molecule has 4 heterocycles. The zero-order chi connectivity index (χ0) is 34.9. The van der Waals surface area contributed by atoms with Gasteiger partial charge in [0.15, 0.2) is 0 Å². The van der Waals surface area contributed by atoms with Crippen LogP contribution in [-0.2, 0) is 40.7 Å². The first kappa shape index (κ1) is 34.3. The van der Waals surface area contributed by atoms with Crippen molar-refractivity contribution in [3.8, 4) is 0 Å². The van der Waals surface area contributed by atoms with Crippen molar-refractivity contribution in [1.82, 2.24) is 19.1 Å². The smallest absolute Gasteiger partial charge is 0.475 e. The normalized spacial score (nSPS) is 17.0. The van der Waals surface area contributed by atoms with Gasteiger partial charge < -0.3 is 19.8 Å². The molecule has 1 amide bonds. The van der Waals surface area contributed by atoms with Crippen molar-refractivity contribution in [2.24, 2.45) is 0 Å². The Balaban J connectivity index is 0.000000540. The molecule has 1 fully saturated rings. The quantitative estimate of drug-likeness (QED) is 0.313. The second-order valence-electron chi connectivity index (χ2n) is 12.4. The fourth-order valence-corrected chi connectivity index (χ4v) is 8.19. The van der Waals surface area contributed by atoms with Gasteiger partial charge in [-0.2, -0.15) is 17.5 Å². The van der Waals surface area contributed by atoms with E-state index >= 15 is 0 Å². The van der Waals surface area contributed by atoms with Crippen LogP contribution in [0, 0.1) is 0 Å². The third-order valence-electron chi connectivity index (χ3n) is 9.18. The van der Waals surface area contributed by atoms with Gasteiger partial charge in [-0.1, -0.05) is 48.5 Å². The summed E-state index contributed by atoms with van der Waals surface area (Å²) in [5.74, 6) is -2.72. The summed E-state index contributed by atoms with van der Waals surface area (Å²) in [6.45, 7) is 4.81. The van der Waals surface area contributed by atoms with Crippen molar-refractivity contribution in [2.75, 3.05) is 51.2 Å². The maximum Gasteiger partial charge on any atom is 0.490 e. The van der Waals surface area contributed by atoms with E-state index in [1.165, 1.54) is 0 Å². The number of halogens is 3. The first-order valence-electron chi connectivity index (χ1n) is 15.9. The zero-order valence-corrected chi connectivity index (χ0v) is 27.7. The van der Waals surface area contributed by atoms with Gasteiger partial charge in [0.1, 0.15) is 0 Å². The molecule has 1 aromatic heterocycles. The summed E-state index contributed by atoms with van der Waals surface area (Å²) in [4.78, 5) is 34.1. The van der Waals surface area contributed by atoms with Crippen LogP contribution in [-0.4, -0.2) is 97.0 Å².